The zero-order valence-corrected chi connectivity index (χ0v) is 16.7. The summed E-state index contributed by atoms with van der Waals surface area (Å²) in [5.41, 5.74) is 2.10. The molecule has 0 unspecified atom stereocenters. The Morgan fingerprint density at radius 2 is 1.48 bits per heavy atom. The van der Waals surface area contributed by atoms with Gasteiger partial charge in [0.05, 0.1) is 31.2 Å². The summed E-state index contributed by atoms with van der Waals surface area (Å²) < 4.78 is 17.1. The van der Waals surface area contributed by atoms with E-state index >= 15 is 0 Å². The van der Waals surface area contributed by atoms with Gasteiger partial charge in [-0.1, -0.05) is 12.1 Å². The van der Waals surface area contributed by atoms with Gasteiger partial charge in [-0.3, -0.25) is 4.79 Å². The van der Waals surface area contributed by atoms with Gasteiger partial charge in [0.15, 0.2) is 11.5 Å². The fourth-order valence-electron chi connectivity index (χ4n) is 2.68. The SMILES string of the molecule is CCOc1cc(C(=O)Nc2ccccc2N(C)C)cc(OCC)c1OCC. The fraction of sp³-hybridized carbons (Fsp3) is 0.381. The summed E-state index contributed by atoms with van der Waals surface area (Å²) in [6, 6.07) is 11.0. The van der Waals surface area contributed by atoms with Gasteiger partial charge >= 0.3 is 0 Å². The van der Waals surface area contributed by atoms with Crippen molar-refractivity contribution in [3.63, 3.8) is 0 Å². The lowest BCUT2D eigenvalue weighted by molar-refractivity contribution is 0.102. The number of rotatable bonds is 9. The number of amides is 1. The van der Waals surface area contributed by atoms with E-state index in [4.69, 9.17) is 14.2 Å². The summed E-state index contributed by atoms with van der Waals surface area (Å²) in [6.07, 6.45) is 0. The summed E-state index contributed by atoms with van der Waals surface area (Å²) in [5.74, 6) is 1.27. The topological polar surface area (TPSA) is 60.0 Å². The minimum atomic E-state index is -0.241. The van der Waals surface area contributed by atoms with E-state index in [-0.39, 0.29) is 5.91 Å². The molecule has 0 atom stereocenters. The maximum atomic E-state index is 12.9. The van der Waals surface area contributed by atoms with Crippen LogP contribution in [-0.4, -0.2) is 39.8 Å². The largest absolute Gasteiger partial charge is 0.490 e. The molecule has 146 valence electrons. The Balaban J connectivity index is 2.40. The van der Waals surface area contributed by atoms with E-state index in [1.807, 2.05) is 64.0 Å². The Hall–Kier alpha value is -2.89. The molecule has 0 bridgehead atoms. The van der Waals surface area contributed by atoms with E-state index in [2.05, 4.69) is 5.32 Å². The van der Waals surface area contributed by atoms with Crippen LogP contribution in [0.5, 0.6) is 17.2 Å². The van der Waals surface area contributed by atoms with Gasteiger partial charge < -0.3 is 24.4 Å². The maximum Gasteiger partial charge on any atom is 0.255 e. The Bertz CT molecular complexity index is 748. The second-order valence-corrected chi connectivity index (χ2v) is 5.97. The number of para-hydroxylation sites is 2. The smallest absolute Gasteiger partial charge is 0.255 e. The number of carbonyl (C=O) groups excluding carboxylic acids is 1. The van der Waals surface area contributed by atoms with Crippen LogP contribution in [0.15, 0.2) is 36.4 Å². The molecule has 0 heterocycles. The van der Waals surface area contributed by atoms with Crippen LogP contribution in [0.4, 0.5) is 11.4 Å². The predicted molar refractivity (Wildman–Crippen MR) is 109 cm³/mol. The molecular formula is C21H28N2O4. The van der Waals surface area contributed by atoms with Gasteiger partial charge in [0, 0.05) is 19.7 Å². The molecule has 27 heavy (non-hydrogen) atoms. The van der Waals surface area contributed by atoms with Crippen molar-refractivity contribution in [3.05, 3.63) is 42.0 Å². The van der Waals surface area contributed by atoms with E-state index in [0.29, 0.717) is 42.6 Å². The lowest BCUT2D eigenvalue weighted by Gasteiger charge is -2.19. The molecular weight excluding hydrogens is 344 g/mol. The molecule has 0 spiro atoms. The number of hydrogen-bond donors (Lipinski definition) is 1. The lowest BCUT2D eigenvalue weighted by atomic mass is 10.1. The zero-order valence-electron chi connectivity index (χ0n) is 16.7. The number of ether oxygens (including phenoxy) is 3. The van der Waals surface area contributed by atoms with Crippen LogP contribution >= 0.6 is 0 Å². The molecule has 6 heteroatoms. The predicted octanol–water partition coefficient (Wildman–Crippen LogP) is 4.20. The van der Waals surface area contributed by atoms with Crippen molar-refractivity contribution in [2.45, 2.75) is 20.8 Å². The first-order valence-corrected chi connectivity index (χ1v) is 9.15. The minimum Gasteiger partial charge on any atom is -0.490 e. The summed E-state index contributed by atoms with van der Waals surface area (Å²) in [4.78, 5) is 14.8. The van der Waals surface area contributed by atoms with E-state index in [0.717, 1.165) is 11.4 Å². The van der Waals surface area contributed by atoms with Gasteiger partial charge in [0.25, 0.3) is 5.91 Å². The monoisotopic (exact) mass is 372 g/mol. The summed E-state index contributed by atoms with van der Waals surface area (Å²) in [6.45, 7) is 7.05. The van der Waals surface area contributed by atoms with E-state index in [9.17, 15) is 4.79 Å². The minimum absolute atomic E-state index is 0.241. The first-order valence-electron chi connectivity index (χ1n) is 9.15. The molecule has 1 N–H and O–H groups in total. The number of nitrogens with zero attached hydrogens (tertiary/aromatic N) is 1. The number of anilines is 2. The number of nitrogens with one attached hydrogen (secondary N) is 1. The highest BCUT2D eigenvalue weighted by Gasteiger charge is 2.19. The van der Waals surface area contributed by atoms with Crippen molar-refractivity contribution < 1.29 is 19.0 Å². The normalized spacial score (nSPS) is 10.3. The summed E-state index contributed by atoms with van der Waals surface area (Å²) in [7, 11) is 3.87. The van der Waals surface area contributed by atoms with Crippen molar-refractivity contribution in [1.82, 2.24) is 0 Å². The molecule has 0 fully saturated rings. The molecule has 0 radical (unpaired) electrons. The first kappa shape index (κ1) is 20.4. The Morgan fingerprint density at radius 3 is 2.00 bits per heavy atom. The third kappa shape index (κ3) is 5.06. The van der Waals surface area contributed by atoms with Gasteiger partial charge in [0.2, 0.25) is 5.75 Å². The van der Waals surface area contributed by atoms with Crippen LogP contribution in [0.1, 0.15) is 31.1 Å². The number of benzene rings is 2. The standard InChI is InChI=1S/C21H28N2O4/c1-6-25-18-13-15(14-19(26-7-2)20(18)27-8-3)21(24)22-16-11-9-10-12-17(16)23(4)5/h9-14H,6-8H2,1-5H3,(H,22,24). The first-order chi connectivity index (χ1) is 13.0. The molecule has 0 saturated carbocycles. The molecule has 0 saturated heterocycles. The average Bonchev–Trinajstić information content (AvgIpc) is 2.64. The maximum absolute atomic E-state index is 12.9. The molecule has 0 aliphatic heterocycles. The van der Waals surface area contributed by atoms with Crippen LogP contribution in [-0.2, 0) is 0 Å². The molecule has 2 rings (SSSR count). The van der Waals surface area contributed by atoms with Crippen molar-refractivity contribution in [1.29, 1.82) is 0 Å². The summed E-state index contributed by atoms with van der Waals surface area (Å²) in [5, 5.41) is 2.97. The second-order valence-electron chi connectivity index (χ2n) is 5.97. The van der Waals surface area contributed by atoms with Crippen LogP contribution < -0.4 is 24.4 Å². The Labute approximate surface area is 161 Å². The van der Waals surface area contributed by atoms with E-state index in [1.54, 1.807) is 12.1 Å². The van der Waals surface area contributed by atoms with Crippen molar-refractivity contribution in [3.8, 4) is 17.2 Å². The second kappa shape index (κ2) is 9.71. The van der Waals surface area contributed by atoms with Crippen LogP contribution in [0.2, 0.25) is 0 Å². The highest BCUT2D eigenvalue weighted by molar-refractivity contribution is 6.06. The molecule has 0 aliphatic rings. The molecule has 0 aliphatic carbocycles. The highest BCUT2D eigenvalue weighted by Crippen LogP contribution is 2.39. The fourth-order valence-corrected chi connectivity index (χ4v) is 2.68. The van der Waals surface area contributed by atoms with Gasteiger partial charge in [-0.05, 0) is 45.0 Å². The van der Waals surface area contributed by atoms with Crippen LogP contribution in [0.25, 0.3) is 0 Å². The van der Waals surface area contributed by atoms with Gasteiger partial charge in [-0.2, -0.15) is 0 Å². The number of hydrogen-bond acceptors (Lipinski definition) is 5. The average molecular weight is 372 g/mol. The van der Waals surface area contributed by atoms with Crippen LogP contribution in [0.3, 0.4) is 0 Å². The van der Waals surface area contributed by atoms with Crippen LogP contribution in [0, 0.1) is 0 Å². The highest BCUT2D eigenvalue weighted by atomic mass is 16.5. The zero-order chi connectivity index (χ0) is 19.8. The molecule has 2 aromatic carbocycles. The molecule has 2 aromatic rings. The third-order valence-electron chi connectivity index (χ3n) is 3.81. The number of carbonyl (C=O) groups is 1. The Kier molecular flexibility index (Phi) is 7.34. The van der Waals surface area contributed by atoms with Crippen molar-refractivity contribution in [2.75, 3.05) is 44.1 Å². The van der Waals surface area contributed by atoms with Crippen molar-refractivity contribution >= 4 is 17.3 Å². The van der Waals surface area contributed by atoms with Gasteiger partial charge in [-0.15, -0.1) is 0 Å². The lowest BCUT2D eigenvalue weighted by Crippen LogP contribution is -2.17. The van der Waals surface area contributed by atoms with Gasteiger partial charge in [0.1, 0.15) is 0 Å². The molecule has 0 aromatic heterocycles. The third-order valence-corrected chi connectivity index (χ3v) is 3.81. The van der Waals surface area contributed by atoms with E-state index < -0.39 is 0 Å². The summed E-state index contributed by atoms with van der Waals surface area (Å²) >= 11 is 0. The van der Waals surface area contributed by atoms with E-state index in [1.165, 1.54) is 0 Å². The van der Waals surface area contributed by atoms with Gasteiger partial charge in [-0.25, -0.2) is 0 Å². The molecule has 6 nitrogen and oxygen atoms in total. The van der Waals surface area contributed by atoms with Crippen molar-refractivity contribution in [2.24, 2.45) is 0 Å². The molecule has 1 amide bonds. The quantitative estimate of drug-likeness (QED) is 0.715. The Morgan fingerprint density at radius 1 is 0.926 bits per heavy atom.